The third-order valence-corrected chi connectivity index (χ3v) is 9.80. The Morgan fingerprint density at radius 2 is 1.71 bits per heavy atom. The van der Waals surface area contributed by atoms with Gasteiger partial charge in [-0.3, -0.25) is 29.4 Å². The number of nitrogens with one attached hydrogen (secondary N) is 1. The number of nitro groups is 1. The molecule has 5 rings (SSSR count). The van der Waals surface area contributed by atoms with Gasteiger partial charge >= 0.3 is 0 Å². The van der Waals surface area contributed by atoms with Crippen LogP contribution >= 0.6 is 34.4 Å². The molecule has 1 aliphatic rings. The lowest BCUT2D eigenvalue weighted by Crippen LogP contribution is -2.42. The Bertz CT molecular complexity index is 2160. The summed E-state index contributed by atoms with van der Waals surface area (Å²) in [4.78, 5) is 57.7. The summed E-state index contributed by atoms with van der Waals surface area (Å²) >= 11 is 3.05. The molecule has 1 aliphatic heterocycles. The molecule has 0 atom stereocenters. The molecule has 55 heavy (non-hydrogen) atoms. The molecule has 0 unspecified atom stereocenters. The number of nitrogens with zero attached hydrogens (tertiary/aromatic N) is 3. The molecule has 280 valence electrons. The number of non-ortho nitro benzene ring substituents is 1. The number of aliphatic imine (C=N–C) groups is 1. The second-order valence-electron chi connectivity index (χ2n) is 11.8. The van der Waals surface area contributed by atoms with E-state index < -0.39 is 22.8 Å². The zero-order valence-electron chi connectivity index (χ0n) is 30.0. The predicted molar refractivity (Wildman–Crippen MR) is 223 cm³/mol. The van der Waals surface area contributed by atoms with Gasteiger partial charge in [-0.05, 0) is 83.0 Å². The summed E-state index contributed by atoms with van der Waals surface area (Å²) in [6.07, 6.45) is 8.03. The lowest BCUT2D eigenvalue weighted by Gasteiger charge is -2.28. The largest absolute Gasteiger partial charge is 0.490 e. The number of hydrogen-bond donors (Lipinski definition) is 1. The van der Waals surface area contributed by atoms with Crippen LogP contribution in [-0.4, -0.2) is 45.1 Å². The molecule has 4 aromatic carbocycles. The maximum absolute atomic E-state index is 14.2. The van der Waals surface area contributed by atoms with Crippen LogP contribution < -0.4 is 14.8 Å². The van der Waals surface area contributed by atoms with Crippen molar-refractivity contribution in [1.82, 2.24) is 10.2 Å². The van der Waals surface area contributed by atoms with E-state index >= 15 is 0 Å². The maximum atomic E-state index is 14.2. The number of thioether (sulfide) groups is 1. The van der Waals surface area contributed by atoms with E-state index in [-0.39, 0.29) is 34.7 Å². The number of nitro benzene ring substituents is 1. The number of benzene rings is 4. The summed E-state index contributed by atoms with van der Waals surface area (Å²) in [7, 11) is 0. The number of halogens is 1. The summed E-state index contributed by atoms with van der Waals surface area (Å²) in [5.41, 5.74) is 3.06. The van der Waals surface area contributed by atoms with E-state index in [1.165, 1.54) is 23.1 Å². The summed E-state index contributed by atoms with van der Waals surface area (Å²) in [6, 6.07) is 28.3. The second-order valence-corrected chi connectivity index (χ2v) is 13.9. The summed E-state index contributed by atoms with van der Waals surface area (Å²) < 4.78 is 12.6. The van der Waals surface area contributed by atoms with Crippen molar-refractivity contribution in [2.24, 2.45) is 4.99 Å². The number of carbonyl (C=O) groups is 3. The number of hydrogen-bond acceptors (Lipinski definition) is 8. The lowest BCUT2D eigenvalue weighted by atomic mass is 9.99. The molecule has 0 bridgehead atoms. The Kier molecular flexibility index (Phi) is 14.3. The zero-order valence-corrected chi connectivity index (χ0v) is 33.0. The average molecular weight is 869 g/mol. The van der Waals surface area contributed by atoms with Crippen molar-refractivity contribution in [3.8, 4) is 11.5 Å². The Morgan fingerprint density at radius 3 is 2.33 bits per heavy atom. The molecular formula is C42H37IN4O7S. The van der Waals surface area contributed by atoms with Gasteiger partial charge in [-0.25, -0.2) is 0 Å². The lowest BCUT2D eigenvalue weighted by molar-refractivity contribution is -0.384. The number of allylic oxidation sites excluding steroid dienone is 4. The summed E-state index contributed by atoms with van der Waals surface area (Å²) in [5.74, 6) is -1.08. The van der Waals surface area contributed by atoms with Crippen LogP contribution in [0.4, 0.5) is 5.69 Å². The minimum Gasteiger partial charge on any atom is -0.490 e. The third kappa shape index (κ3) is 10.5. The van der Waals surface area contributed by atoms with E-state index in [0.717, 1.165) is 22.9 Å². The van der Waals surface area contributed by atoms with Crippen molar-refractivity contribution >= 4 is 69.0 Å². The second kappa shape index (κ2) is 19.5. The maximum Gasteiger partial charge on any atom is 0.285 e. The van der Waals surface area contributed by atoms with Gasteiger partial charge in [-0.15, -0.1) is 0 Å². The highest BCUT2D eigenvalue weighted by Gasteiger charge is 2.35. The van der Waals surface area contributed by atoms with Crippen molar-refractivity contribution in [3.05, 3.63) is 175 Å². The Hall–Kier alpha value is -5.80. The van der Waals surface area contributed by atoms with Gasteiger partial charge in [-0.2, -0.15) is 4.99 Å². The van der Waals surface area contributed by atoms with E-state index in [0.29, 0.717) is 38.5 Å². The highest BCUT2D eigenvalue weighted by Crippen LogP contribution is 2.36. The molecule has 11 nitrogen and oxygen atoms in total. The van der Waals surface area contributed by atoms with Crippen LogP contribution in [0.3, 0.4) is 0 Å². The quantitative estimate of drug-likeness (QED) is 0.0313. The molecule has 0 spiro atoms. The number of amides is 3. The fourth-order valence-corrected chi connectivity index (χ4v) is 7.14. The number of ether oxygens (including phenoxy) is 2. The van der Waals surface area contributed by atoms with Gasteiger partial charge in [-0.1, -0.05) is 109 Å². The van der Waals surface area contributed by atoms with Gasteiger partial charge in [0.15, 0.2) is 16.7 Å². The van der Waals surface area contributed by atoms with Crippen LogP contribution in [0, 0.1) is 13.7 Å². The molecule has 1 heterocycles. The van der Waals surface area contributed by atoms with E-state index in [2.05, 4.69) is 39.5 Å². The van der Waals surface area contributed by atoms with Crippen molar-refractivity contribution in [2.45, 2.75) is 26.5 Å². The van der Waals surface area contributed by atoms with Gasteiger partial charge in [0.1, 0.15) is 12.2 Å². The summed E-state index contributed by atoms with van der Waals surface area (Å²) in [5, 5.41) is 14.4. The number of rotatable bonds is 15. The monoisotopic (exact) mass is 868 g/mol. The van der Waals surface area contributed by atoms with Gasteiger partial charge < -0.3 is 14.8 Å². The highest BCUT2D eigenvalue weighted by atomic mass is 127. The van der Waals surface area contributed by atoms with Crippen LogP contribution in [0.25, 0.3) is 6.08 Å². The molecule has 0 radical (unpaired) electrons. The zero-order chi connectivity index (χ0) is 39.3. The van der Waals surface area contributed by atoms with Crippen LogP contribution in [-0.2, 0) is 21.0 Å². The Morgan fingerprint density at radius 1 is 1.02 bits per heavy atom. The van der Waals surface area contributed by atoms with Crippen LogP contribution in [0.15, 0.2) is 144 Å². The van der Waals surface area contributed by atoms with Crippen molar-refractivity contribution in [1.29, 1.82) is 0 Å². The summed E-state index contributed by atoms with van der Waals surface area (Å²) in [6.45, 7) is 7.62. The molecule has 0 aliphatic carbocycles. The first-order valence-corrected chi connectivity index (χ1v) is 19.2. The minimum atomic E-state index is -0.766. The van der Waals surface area contributed by atoms with Crippen LogP contribution in [0.5, 0.6) is 11.5 Å². The molecule has 0 saturated heterocycles. The molecule has 0 aromatic heterocycles. The van der Waals surface area contributed by atoms with Gasteiger partial charge in [0.25, 0.3) is 17.5 Å². The fourth-order valence-electron chi connectivity index (χ4n) is 5.55. The van der Waals surface area contributed by atoms with Crippen molar-refractivity contribution in [3.63, 3.8) is 0 Å². The molecule has 0 saturated carbocycles. The van der Waals surface area contributed by atoms with Gasteiger partial charge in [0.05, 0.1) is 26.9 Å². The Balaban J connectivity index is 1.42. The standard InChI is InChI=1S/C42H37IN4O7S/c1-4-7-20-32(5-2)46-41(50)34(23-29-24-35(43)39(36(25-29)53-6-3)54-26-28-15-14-21-33(22-28)47(51)52)40(49)45-42(46)55-27-37(48)44-38(30-16-10-8-11-17-30)31-18-12-9-13-19-31/h4-5,7-25,38H,1,6,26-27H2,2-3H3,(H,44,48)/b20-7-,32-5+,34-23+. The van der Waals surface area contributed by atoms with Crippen LogP contribution in [0.2, 0.25) is 0 Å². The molecule has 3 amide bonds. The average Bonchev–Trinajstić information content (AvgIpc) is 3.19. The first kappa shape index (κ1) is 40.4. The number of carbonyl (C=O) groups excluding carboxylic acids is 3. The van der Waals surface area contributed by atoms with Crippen LogP contribution in [0.1, 0.15) is 42.1 Å². The smallest absolute Gasteiger partial charge is 0.285 e. The van der Waals surface area contributed by atoms with Crippen molar-refractivity contribution in [2.75, 3.05) is 12.4 Å². The van der Waals surface area contributed by atoms with E-state index in [9.17, 15) is 24.5 Å². The molecule has 4 aromatic rings. The third-order valence-electron chi connectivity index (χ3n) is 8.06. The first-order chi connectivity index (χ1) is 26.6. The van der Waals surface area contributed by atoms with E-state index in [1.807, 2.05) is 60.7 Å². The van der Waals surface area contributed by atoms with Crippen molar-refractivity contribution < 1.29 is 28.8 Å². The molecule has 1 N–H and O–H groups in total. The Labute approximate surface area is 336 Å². The first-order valence-electron chi connectivity index (χ1n) is 17.1. The number of amidine groups is 1. The van der Waals surface area contributed by atoms with E-state index in [1.54, 1.807) is 62.4 Å². The van der Waals surface area contributed by atoms with Gasteiger partial charge in [0.2, 0.25) is 5.91 Å². The SMILES string of the molecule is C=C/C=C\C(=C/C)N1C(=O)/C(=C/c2cc(I)c(OCc3cccc([N+](=O)[O-])c3)c(OCC)c2)C(=O)N=C1SCC(=O)NC(c1ccccc1)c1ccccc1. The molecule has 0 fully saturated rings. The minimum absolute atomic E-state index is 0.0425. The molecular weight excluding hydrogens is 831 g/mol. The fraction of sp³-hybridized carbons (Fsp3) is 0.143. The topological polar surface area (TPSA) is 140 Å². The highest BCUT2D eigenvalue weighted by molar-refractivity contribution is 14.1. The molecule has 13 heteroatoms. The normalized spacial score (nSPS) is 14.0. The van der Waals surface area contributed by atoms with Gasteiger partial charge in [0, 0.05) is 17.8 Å². The van der Waals surface area contributed by atoms with E-state index in [4.69, 9.17) is 9.47 Å². The predicted octanol–water partition coefficient (Wildman–Crippen LogP) is 8.57.